The summed E-state index contributed by atoms with van der Waals surface area (Å²) in [5.41, 5.74) is 8.25. The Hall–Kier alpha value is -5.66. The number of nitriles is 1. The minimum absolute atomic E-state index is 0.00845. The highest BCUT2D eigenvalue weighted by Gasteiger charge is 2.43. The number of carbonyl (C=O) groups excluding carboxylic acids is 2. The summed E-state index contributed by atoms with van der Waals surface area (Å²) in [6.45, 7) is 0. The summed E-state index contributed by atoms with van der Waals surface area (Å²) in [4.78, 5) is 44.7. The molecule has 1 unspecified atom stereocenters. The molecule has 0 aliphatic carbocycles. The second-order valence-electron chi connectivity index (χ2n) is 9.41. The van der Waals surface area contributed by atoms with Gasteiger partial charge in [0.2, 0.25) is 0 Å². The lowest BCUT2D eigenvalue weighted by atomic mass is 9.81. The number of nitrogens with zero attached hydrogens (tertiary/aromatic N) is 3. The van der Waals surface area contributed by atoms with Crippen LogP contribution < -0.4 is 10.6 Å². The van der Waals surface area contributed by atoms with Crippen molar-refractivity contribution in [2.75, 3.05) is 19.1 Å². The topological polar surface area (TPSA) is 156 Å². The van der Waals surface area contributed by atoms with Crippen molar-refractivity contribution in [3.05, 3.63) is 118 Å². The molecule has 214 valence electrons. The van der Waals surface area contributed by atoms with Gasteiger partial charge in [-0.25, -0.2) is 19.4 Å². The maximum Gasteiger partial charge on any atom is 0.355 e. The lowest BCUT2D eigenvalue weighted by Crippen LogP contribution is -2.40. The average Bonchev–Trinajstić information content (AvgIpc) is 3.03. The number of allylic oxidation sites excluding steroid dienone is 1. The molecule has 0 saturated carbocycles. The first-order chi connectivity index (χ1) is 20.7. The molecule has 1 aromatic heterocycles. The van der Waals surface area contributed by atoms with Gasteiger partial charge >= 0.3 is 17.9 Å². The number of benzene rings is 3. The number of ether oxygens (including phenoxy) is 2. The molecule has 11 heteroatoms. The Balaban J connectivity index is 1.76. The standard InChI is InChI=1S/C32H23ClN4O6/c1-42-31(40)27-26(17-7-4-3-5-8-17)23(16-34)29(35)37(28(27)32(41)43-2)20-10-6-9-18(13-20)25-15-22(30(38)39)21-14-19(33)11-12-24(21)36-25/h3-15,26H,35H2,1-2H3,(H,38,39). The third-order valence-electron chi connectivity index (χ3n) is 7.01. The number of aromatic nitrogens is 1. The molecule has 10 nitrogen and oxygen atoms in total. The van der Waals surface area contributed by atoms with Crippen LogP contribution in [-0.4, -0.2) is 42.2 Å². The van der Waals surface area contributed by atoms with E-state index in [1.807, 2.05) is 0 Å². The van der Waals surface area contributed by atoms with Gasteiger partial charge in [-0.1, -0.05) is 54.1 Å². The van der Waals surface area contributed by atoms with Crippen molar-refractivity contribution >= 4 is 46.1 Å². The molecule has 1 aliphatic rings. The number of carboxylic acids is 1. The third kappa shape index (κ3) is 5.14. The van der Waals surface area contributed by atoms with Gasteiger partial charge in [0.1, 0.15) is 11.5 Å². The Labute approximate surface area is 250 Å². The van der Waals surface area contributed by atoms with Crippen LogP contribution in [0.5, 0.6) is 0 Å². The van der Waals surface area contributed by atoms with Crippen LogP contribution in [0, 0.1) is 11.3 Å². The molecule has 5 rings (SSSR count). The minimum atomic E-state index is -1.17. The number of anilines is 1. The van der Waals surface area contributed by atoms with E-state index in [-0.39, 0.29) is 33.9 Å². The van der Waals surface area contributed by atoms with Gasteiger partial charge < -0.3 is 20.3 Å². The zero-order valence-electron chi connectivity index (χ0n) is 22.9. The predicted octanol–water partition coefficient (Wildman–Crippen LogP) is 5.15. The number of methoxy groups -OCH3 is 2. The quantitative estimate of drug-likeness (QED) is 0.286. The minimum Gasteiger partial charge on any atom is -0.478 e. The monoisotopic (exact) mass is 594 g/mol. The van der Waals surface area contributed by atoms with Crippen LogP contribution in [0.2, 0.25) is 5.02 Å². The van der Waals surface area contributed by atoms with Crippen LogP contribution in [0.1, 0.15) is 21.8 Å². The molecule has 1 atom stereocenters. The Morgan fingerprint density at radius 1 is 0.977 bits per heavy atom. The second-order valence-corrected chi connectivity index (χ2v) is 9.84. The van der Waals surface area contributed by atoms with E-state index in [0.29, 0.717) is 32.7 Å². The van der Waals surface area contributed by atoms with E-state index in [4.69, 9.17) is 26.8 Å². The molecule has 0 amide bonds. The highest BCUT2D eigenvalue weighted by molar-refractivity contribution is 6.31. The lowest BCUT2D eigenvalue weighted by Gasteiger charge is -2.36. The molecule has 0 saturated heterocycles. The van der Waals surface area contributed by atoms with Crippen LogP contribution in [0.3, 0.4) is 0 Å². The lowest BCUT2D eigenvalue weighted by molar-refractivity contribution is -0.139. The molecule has 3 N–H and O–H groups in total. The van der Waals surface area contributed by atoms with Gasteiger partial charge in [-0.15, -0.1) is 0 Å². The van der Waals surface area contributed by atoms with E-state index in [2.05, 4.69) is 11.1 Å². The number of fused-ring (bicyclic) bond motifs is 1. The van der Waals surface area contributed by atoms with Crippen LogP contribution in [0.25, 0.3) is 22.2 Å². The summed E-state index contributed by atoms with van der Waals surface area (Å²) in [7, 11) is 2.33. The number of carbonyl (C=O) groups is 3. The fourth-order valence-corrected chi connectivity index (χ4v) is 5.28. The SMILES string of the molecule is COC(=O)C1=C(C(=O)OC)N(c2cccc(-c3cc(C(=O)O)c4cc(Cl)ccc4n3)c2)C(N)=C(C#N)C1c1ccccc1. The number of nitrogens with two attached hydrogens (primary N) is 1. The highest BCUT2D eigenvalue weighted by Crippen LogP contribution is 2.43. The summed E-state index contributed by atoms with van der Waals surface area (Å²) in [5, 5.41) is 20.9. The fourth-order valence-electron chi connectivity index (χ4n) is 5.11. The normalized spacial score (nSPS) is 14.8. The van der Waals surface area contributed by atoms with Crippen molar-refractivity contribution in [3.8, 4) is 17.3 Å². The first-order valence-electron chi connectivity index (χ1n) is 12.8. The number of pyridine rings is 1. The highest BCUT2D eigenvalue weighted by atomic mass is 35.5. The van der Waals surface area contributed by atoms with Crippen molar-refractivity contribution < 1.29 is 29.0 Å². The van der Waals surface area contributed by atoms with Gasteiger partial charge in [-0.2, -0.15) is 5.26 Å². The van der Waals surface area contributed by atoms with E-state index in [1.54, 1.807) is 66.7 Å². The van der Waals surface area contributed by atoms with Crippen LogP contribution in [0.15, 0.2) is 102 Å². The Morgan fingerprint density at radius 2 is 1.70 bits per heavy atom. The number of carboxylic acid groups (broad SMARTS) is 1. The predicted molar refractivity (Wildman–Crippen MR) is 159 cm³/mol. The van der Waals surface area contributed by atoms with E-state index in [9.17, 15) is 24.8 Å². The van der Waals surface area contributed by atoms with E-state index >= 15 is 0 Å². The molecular weight excluding hydrogens is 572 g/mol. The molecule has 3 aromatic carbocycles. The zero-order chi connectivity index (χ0) is 30.8. The second kappa shape index (κ2) is 11.7. The smallest absolute Gasteiger partial charge is 0.355 e. The number of aromatic carboxylic acids is 1. The molecule has 0 radical (unpaired) electrons. The Kier molecular flexibility index (Phi) is 7.84. The molecule has 1 aliphatic heterocycles. The van der Waals surface area contributed by atoms with Crippen molar-refractivity contribution in [1.29, 1.82) is 5.26 Å². The van der Waals surface area contributed by atoms with Gasteiger partial charge in [0.05, 0.1) is 54.1 Å². The van der Waals surface area contributed by atoms with Crippen molar-refractivity contribution in [2.24, 2.45) is 5.73 Å². The first kappa shape index (κ1) is 28.9. The van der Waals surface area contributed by atoms with Gasteiger partial charge in [0.15, 0.2) is 0 Å². The summed E-state index contributed by atoms with van der Waals surface area (Å²) in [5.74, 6) is -4.02. The summed E-state index contributed by atoms with van der Waals surface area (Å²) in [6.07, 6.45) is 0. The third-order valence-corrected chi connectivity index (χ3v) is 7.25. The largest absolute Gasteiger partial charge is 0.478 e. The fraction of sp³-hybridized carbons (Fsp3) is 0.0938. The van der Waals surface area contributed by atoms with Crippen molar-refractivity contribution in [3.63, 3.8) is 0 Å². The van der Waals surface area contributed by atoms with Gasteiger partial charge in [0, 0.05) is 21.7 Å². The molecule has 4 aromatic rings. The first-order valence-corrected chi connectivity index (χ1v) is 13.2. The van der Waals surface area contributed by atoms with Gasteiger partial charge in [-0.05, 0) is 42.0 Å². The summed E-state index contributed by atoms with van der Waals surface area (Å²) < 4.78 is 10.2. The maximum atomic E-state index is 13.4. The molecular formula is C32H23ClN4O6. The maximum absolute atomic E-state index is 13.4. The number of rotatable bonds is 6. The molecule has 0 bridgehead atoms. The van der Waals surface area contributed by atoms with E-state index in [0.717, 1.165) is 7.11 Å². The van der Waals surface area contributed by atoms with Crippen LogP contribution in [0.4, 0.5) is 5.69 Å². The number of hydrogen-bond acceptors (Lipinski definition) is 9. The molecule has 0 fully saturated rings. The van der Waals surface area contributed by atoms with Crippen LogP contribution >= 0.6 is 11.6 Å². The van der Waals surface area contributed by atoms with E-state index < -0.39 is 23.8 Å². The van der Waals surface area contributed by atoms with Crippen molar-refractivity contribution in [2.45, 2.75) is 5.92 Å². The van der Waals surface area contributed by atoms with E-state index in [1.165, 1.54) is 24.1 Å². The summed E-state index contributed by atoms with van der Waals surface area (Å²) >= 11 is 6.10. The molecule has 2 heterocycles. The molecule has 43 heavy (non-hydrogen) atoms. The summed E-state index contributed by atoms with van der Waals surface area (Å²) in [6, 6.07) is 23.5. The number of hydrogen-bond donors (Lipinski definition) is 2. The van der Waals surface area contributed by atoms with Gasteiger partial charge in [0.25, 0.3) is 0 Å². The van der Waals surface area contributed by atoms with Crippen LogP contribution in [-0.2, 0) is 19.1 Å². The number of esters is 2. The molecule has 0 spiro atoms. The Bertz CT molecular complexity index is 1910. The number of halogens is 1. The zero-order valence-corrected chi connectivity index (χ0v) is 23.6. The Morgan fingerprint density at radius 3 is 2.35 bits per heavy atom. The van der Waals surface area contributed by atoms with Gasteiger partial charge in [-0.3, -0.25) is 4.90 Å². The van der Waals surface area contributed by atoms with Crippen molar-refractivity contribution in [1.82, 2.24) is 4.98 Å². The average molecular weight is 595 g/mol.